The van der Waals surface area contributed by atoms with Crippen LogP contribution in [0.3, 0.4) is 0 Å². The van der Waals surface area contributed by atoms with E-state index in [2.05, 4.69) is 15.2 Å². The fourth-order valence-corrected chi connectivity index (χ4v) is 3.04. The Kier molecular flexibility index (Phi) is 6.05. The number of amides is 3. The molecule has 0 aliphatic carbocycles. The van der Waals surface area contributed by atoms with Gasteiger partial charge in [-0.3, -0.25) is 9.88 Å². The van der Waals surface area contributed by atoms with Gasteiger partial charge < -0.3 is 19.9 Å². The lowest BCUT2D eigenvalue weighted by atomic mass is 10.3. The van der Waals surface area contributed by atoms with Crippen LogP contribution < -0.4 is 5.32 Å². The van der Waals surface area contributed by atoms with E-state index < -0.39 is 0 Å². The van der Waals surface area contributed by atoms with E-state index in [1.807, 2.05) is 23.1 Å². The van der Waals surface area contributed by atoms with Crippen molar-refractivity contribution in [1.82, 2.24) is 25.0 Å². The molecule has 0 spiro atoms. The highest BCUT2D eigenvalue weighted by molar-refractivity contribution is 5.74. The summed E-state index contributed by atoms with van der Waals surface area (Å²) in [6.45, 7) is 6.00. The number of piperazine rings is 1. The van der Waals surface area contributed by atoms with Gasteiger partial charge >= 0.3 is 12.1 Å². The van der Waals surface area contributed by atoms with Crippen molar-refractivity contribution in [2.24, 2.45) is 0 Å². The molecule has 3 rings (SSSR count). The third-order valence-electron chi connectivity index (χ3n) is 4.49. The lowest BCUT2D eigenvalue weighted by molar-refractivity contribution is 0.0730. The molecule has 136 valence electrons. The molecule has 2 saturated heterocycles. The summed E-state index contributed by atoms with van der Waals surface area (Å²) < 4.78 is 4.98. The van der Waals surface area contributed by atoms with Crippen LogP contribution in [0.2, 0.25) is 0 Å². The van der Waals surface area contributed by atoms with Crippen molar-refractivity contribution in [3.63, 3.8) is 0 Å². The van der Waals surface area contributed by atoms with E-state index in [1.165, 1.54) is 0 Å². The molecule has 0 saturated carbocycles. The number of hydrogen-bond acceptors (Lipinski definition) is 5. The summed E-state index contributed by atoms with van der Waals surface area (Å²) >= 11 is 0. The predicted molar refractivity (Wildman–Crippen MR) is 92.0 cm³/mol. The summed E-state index contributed by atoms with van der Waals surface area (Å²) in [6, 6.07) is 5.85. The average molecular weight is 347 g/mol. The van der Waals surface area contributed by atoms with E-state index in [-0.39, 0.29) is 12.1 Å². The predicted octanol–water partition coefficient (Wildman–Crippen LogP) is 0.751. The topological polar surface area (TPSA) is 78.0 Å². The number of cyclic esters (lactones) is 1. The lowest BCUT2D eigenvalue weighted by Gasteiger charge is -2.34. The zero-order valence-corrected chi connectivity index (χ0v) is 14.4. The van der Waals surface area contributed by atoms with E-state index in [1.54, 1.807) is 11.1 Å². The number of carbonyl (C=O) groups excluding carboxylic acids is 2. The van der Waals surface area contributed by atoms with E-state index >= 15 is 0 Å². The zero-order chi connectivity index (χ0) is 17.5. The Balaban J connectivity index is 1.34. The van der Waals surface area contributed by atoms with Crippen LogP contribution in [-0.2, 0) is 11.3 Å². The van der Waals surface area contributed by atoms with Gasteiger partial charge in [0.15, 0.2) is 0 Å². The lowest BCUT2D eigenvalue weighted by Crippen LogP contribution is -2.52. The Morgan fingerprint density at radius 1 is 1.20 bits per heavy atom. The molecule has 1 N–H and O–H groups in total. The summed E-state index contributed by atoms with van der Waals surface area (Å²) in [5.41, 5.74) is 1.05. The molecule has 0 unspecified atom stereocenters. The van der Waals surface area contributed by atoms with Crippen molar-refractivity contribution < 1.29 is 14.3 Å². The van der Waals surface area contributed by atoms with Gasteiger partial charge in [-0.25, -0.2) is 9.59 Å². The van der Waals surface area contributed by atoms with E-state index in [0.717, 1.165) is 31.7 Å². The number of hydrogen-bond donors (Lipinski definition) is 1. The number of carbonyl (C=O) groups is 2. The molecular formula is C17H25N5O3. The van der Waals surface area contributed by atoms with E-state index in [9.17, 15) is 9.59 Å². The highest BCUT2D eigenvalue weighted by atomic mass is 16.6. The van der Waals surface area contributed by atoms with E-state index in [4.69, 9.17) is 4.74 Å². The Morgan fingerprint density at radius 3 is 2.76 bits per heavy atom. The number of urea groups is 1. The zero-order valence-electron chi connectivity index (χ0n) is 14.4. The van der Waals surface area contributed by atoms with Crippen molar-refractivity contribution in [3.8, 4) is 0 Å². The minimum absolute atomic E-state index is 0.0668. The molecule has 1 aromatic heterocycles. The molecule has 0 radical (unpaired) electrons. The number of pyridine rings is 1. The van der Waals surface area contributed by atoms with Gasteiger partial charge in [-0.05, 0) is 18.6 Å². The molecule has 0 bridgehead atoms. The van der Waals surface area contributed by atoms with Crippen LogP contribution >= 0.6 is 0 Å². The third kappa shape index (κ3) is 5.06. The van der Waals surface area contributed by atoms with Gasteiger partial charge in [-0.15, -0.1) is 0 Å². The van der Waals surface area contributed by atoms with Gasteiger partial charge in [0.25, 0.3) is 0 Å². The summed E-state index contributed by atoms with van der Waals surface area (Å²) in [5.74, 6) is 0. The number of rotatable bonds is 5. The standard InChI is InChI=1S/C17H25N5O3/c23-16(19-6-8-22-7-3-13-25-17(22)24)21-11-9-20(10-12-21)14-15-4-1-2-5-18-15/h1-2,4-5H,3,6-14H2,(H,19,23). The molecule has 2 fully saturated rings. The first-order valence-electron chi connectivity index (χ1n) is 8.79. The minimum atomic E-state index is -0.288. The Morgan fingerprint density at radius 2 is 2.04 bits per heavy atom. The van der Waals surface area contributed by atoms with Gasteiger partial charge in [0.1, 0.15) is 0 Å². The fraction of sp³-hybridized carbons (Fsp3) is 0.588. The molecule has 0 atom stereocenters. The number of nitrogens with zero attached hydrogens (tertiary/aromatic N) is 4. The molecule has 25 heavy (non-hydrogen) atoms. The molecule has 1 aromatic rings. The summed E-state index contributed by atoms with van der Waals surface area (Å²) in [6.07, 6.45) is 2.36. The first-order valence-corrected chi connectivity index (χ1v) is 8.79. The van der Waals surface area contributed by atoms with Crippen LogP contribution in [-0.4, -0.2) is 84.2 Å². The maximum Gasteiger partial charge on any atom is 0.409 e. The van der Waals surface area contributed by atoms with Gasteiger partial charge in [0.2, 0.25) is 0 Å². The van der Waals surface area contributed by atoms with Crippen molar-refractivity contribution in [3.05, 3.63) is 30.1 Å². The second kappa shape index (κ2) is 8.66. The van der Waals surface area contributed by atoms with E-state index in [0.29, 0.717) is 39.3 Å². The van der Waals surface area contributed by atoms with Crippen LogP contribution in [0, 0.1) is 0 Å². The van der Waals surface area contributed by atoms with Gasteiger partial charge in [0.05, 0.1) is 12.3 Å². The molecular weight excluding hydrogens is 322 g/mol. The minimum Gasteiger partial charge on any atom is -0.449 e. The molecule has 3 amide bonds. The monoisotopic (exact) mass is 347 g/mol. The quantitative estimate of drug-likeness (QED) is 0.850. The van der Waals surface area contributed by atoms with Gasteiger partial charge in [-0.1, -0.05) is 6.07 Å². The smallest absolute Gasteiger partial charge is 0.409 e. The fourth-order valence-electron chi connectivity index (χ4n) is 3.04. The molecule has 3 heterocycles. The Labute approximate surface area is 147 Å². The number of nitrogens with one attached hydrogen (secondary N) is 1. The van der Waals surface area contributed by atoms with Crippen LogP contribution in [0.4, 0.5) is 9.59 Å². The Hall–Kier alpha value is -2.35. The normalized spacial score (nSPS) is 18.8. The molecule has 8 heteroatoms. The van der Waals surface area contributed by atoms with Crippen molar-refractivity contribution in [2.75, 3.05) is 52.4 Å². The van der Waals surface area contributed by atoms with Crippen LogP contribution in [0.15, 0.2) is 24.4 Å². The summed E-state index contributed by atoms with van der Waals surface area (Å²) in [5, 5.41) is 2.89. The van der Waals surface area contributed by atoms with Crippen LogP contribution in [0.1, 0.15) is 12.1 Å². The highest BCUT2D eigenvalue weighted by Crippen LogP contribution is 2.07. The Bertz CT molecular complexity index is 575. The maximum atomic E-state index is 12.2. The number of ether oxygens (including phenoxy) is 1. The second-order valence-electron chi connectivity index (χ2n) is 6.27. The average Bonchev–Trinajstić information content (AvgIpc) is 2.65. The molecule has 8 nitrogen and oxygen atoms in total. The van der Waals surface area contributed by atoms with Crippen molar-refractivity contribution in [1.29, 1.82) is 0 Å². The first-order chi connectivity index (χ1) is 12.2. The van der Waals surface area contributed by atoms with Crippen LogP contribution in [0.5, 0.6) is 0 Å². The molecule has 0 aromatic carbocycles. The van der Waals surface area contributed by atoms with Gasteiger partial charge in [0, 0.05) is 58.6 Å². The second-order valence-corrected chi connectivity index (χ2v) is 6.27. The SMILES string of the molecule is O=C(NCCN1CCCOC1=O)N1CCN(Cc2ccccn2)CC1. The maximum absolute atomic E-state index is 12.2. The van der Waals surface area contributed by atoms with Gasteiger partial charge in [-0.2, -0.15) is 0 Å². The first kappa shape index (κ1) is 17.5. The largest absolute Gasteiger partial charge is 0.449 e. The van der Waals surface area contributed by atoms with Crippen molar-refractivity contribution >= 4 is 12.1 Å². The van der Waals surface area contributed by atoms with Crippen molar-refractivity contribution in [2.45, 2.75) is 13.0 Å². The highest BCUT2D eigenvalue weighted by Gasteiger charge is 2.22. The molecule has 2 aliphatic heterocycles. The number of aromatic nitrogens is 1. The van der Waals surface area contributed by atoms with Crippen LogP contribution in [0.25, 0.3) is 0 Å². The summed E-state index contributed by atoms with van der Waals surface area (Å²) in [4.78, 5) is 33.9. The summed E-state index contributed by atoms with van der Waals surface area (Å²) in [7, 11) is 0. The molecule has 2 aliphatic rings. The third-order valence-corrected chi connectivity index (χ3v) is 4.49.